The van der Waals surface area contributed by atoms with E-state index in [1.807, 2.05) is 12.3 Å². The van der Waals surface area contributed by atoms with E-state index in [1.165, 1.54) is 23.5 Å². The summed E-state index contributed by atoms with van der Waals surface area (Å²) in [6.07, 6.45) is 0.154. The van der Waals surface area contributed by atoms with Gasteiger partial charge in [-0.1, -0.05) is 0 Å². The molecule has 1 amide bonds. The molecule has 1 aliphatic rings. The summed E-state index contributed by atoms with van der Waals surface area (Å²) in [5, 5.41) is 5.22. The lowest BCUT2D eigenvalue weighted by Gasteiger charge is -2.30. The standard InChI is InChI=1S/C16H18FN3O2S/c1-11-8-20(6-7-22-11)9-15(21)19-16-18-14(10-23-16)12-2-4-13(17)5-3-12/h2-5,10-11H,6-9H2,1H3,(H,18,19,21)/t11-/m1/s1. The summed E-state index contributed by atoms with van der Waals surface area (Å²) in [6.45, 7) is 4.50. The van der Waals surface area contributed by atoms with Crippen molar-refractivity contribution in [1.82, 2.24) is 9.88 Å². The predicted octanol–water partition coefficient (Wildman–Crippen LogP) is 2.61. The van der Waals surface area contributed by atoms with Crippen LogP contribution >= 0.6 is 11.3 Å². The van der Waals surface area contributed by atoms with Crippen molar-refractivity contribution in [2.75, 3.05) is 31.6 Å². The zero-order valence-electron chi connectivity index (χ0n) is 12.8. The number of anilines is 1. The van der Waals surface area contributed by atoms with E-state index >= 15 is 0 Å². The first kappa shape index (κ1) is 16.0. The Balaban J connectivity index is 1.58. The van der Waals surface area contributed by atoms with Crippen LogP contribution in [0.2, 0.25) is 0 Å². The summed E-state index contributed by atoms with van der Waals surface area (Å²) >= 11 is 1.36. The molecule has 1 N–H and O–H groups in total. The van der Waals surface area contributed by atoms with Gasteiger partial charge in [-0.2, -0.15) is 0 Å². The van der Waals surface area contributed by atoms with E-state index in [1.54, 1.807) is 12.1 Å². The third-order valence-corrected chi connectivity index (χ3v) is 4.34. The van der Waals surface area contributed by atoms with Gasteiger partial charge in [0, 0.05) is 24.0 Å². The molecule has 1 aliphatic heterocycles. The number of hydrogen-bond acceptors (Lipinski definition) is 5. The second kappa shape index (κ2) is 7.16. The quantitative estimate of drug-likeness (QED) is 0.933. The van der Waals surface area contributed by atoms with E-state index in [4.69, 9.17) is 4.74 Å². The van der Waals surface area contributed by atoms with Crippen LogP contribution in [0.5, 0.6) is 0 Å². The van der Waals surface area contributed by atoms with Gasteiger partial charge in [0.25, 0.3) is 0 Å². The Kier molecular flexibility index (Phi) is 5.00. The molecule has 1 aromatic carbocycles. The van der Waals surface area contributed by atoms with Crippen LogP contribution in [-0.4, -0.2) is 48.1 Å². The molecule has 1 aromatic heterocycles. The van der Waals surface area contributed by atoms with Crippen LogP contribution in [0.3, 0.4) is 0 Å². The van der Waals surface area contributed by atoms with Crippen LogP contribution in [0.1, 0.15) is 6.92 Å². The smallest absolute Gasteiger partial charge is 0.240 e. The van der Waals surface area contributed by atoms with Crippen molar-refractivity contribution in [2.45, 2.75) is 13.0 Å². The van der Waals surface area contributed by atoms with Gasteiger partial charge in [-0.3, -0.25) is 9.69 Å². The number of amides is 1. The van der Waals surface area contributed by atoms with Crippen LogP contribution < -0.4 is 5.32 Å². The van der Waals surface area contributed by atoms with Gasteiger partial charge in [0.15, 0.2) is 5.13 Å². The van der Waals surface area contributed by atoms with E-state index in [-0.39, 0.29) is 17.8 Å². The van der Waals surface area contributed by atoms with Crippen molar-refractivity contribution < 1.29 is 13.9 Å². The first-order chi connectivity index (χ1) is 11.1. The molecule has 2 aromatic rings. The highest BCUT2D eigenvalue weighted by Gasteiger charge is 2.19. The van der Waals surface area contributed by atoms with Crippen LogP contribution in [0.4, 0.5) is 9.52 Å². The monoisotopic (exact) mass is 335 g/mol. The summed E-state index contributed by atoms with van der Waals surface area (Å²) < 4.78 is 18.4. The zero-order valence-corrected chi connectivity index (χ0v) is 13.6. The highest BCUT2D eigenvalue weighted by Crippen LogP contribution is 2.25. The summed E-state index contributed by atoms with van der Waals surface area (Å²) in [6, 6.07) is 6.13. The van der Waals surface area contributed by atoms with Gasteiger partial charge in [-0.05, 0) is 31.2 Å². The average Bonchev–Trinajstić information content (AvgIpc) is 2.96. The Morgan fingerprint density at radius 1 is 1.48 bits per heavy atom. The molecule has 7 heteroatoms. The van der Waals surface area contributed by atoms with Gasteiger partial charge in [-0.25, -0.2) is 9.37 Å². The Morgan fingerprint density at radius 3 is 3.00 bits per heavy atom. The van der Waals surface area contributed by atoms with Crippen molar-refractivity contribution in [3.8, 4) is 11.3 Å². The van der Waals surface area contributed by atoms with Crippen LogP contribution in [0.25, 0.3) is 11.3 Å². The third kappa shape index (κ3) is 4.34. The minimum atomic E-state index is -0.280. The molecule has 0 bridgehead atoms. The molecule has 0 unspecified atom stereocenters. The first-order valence-electron chi connectivity index (χ1n) is 7.45. The molecule has 23 heavy (non-hydrogen) atoms. The molecule has 0 radical (unpaired) electrons. The summed E-state index contributed by atoms with van der Waals surface area (Å²) in [4.78, 5) is 18.5. The van der Waals surface area contributed by atoms with Crippen LogP contribution in [0.15, 0.2) is 29.6 Å². The number of halogens is 1. The van der Waals surface area contributed by atoms with E-state index in [2.05, 4.69) is 15.2 Å². The second-order valence-electron chi connectivity index (χ2n) is 5.51. The van der Waals surface area contributed by atoms with Crippen molar-refractivity contribution >= 4 is 22.4 Å². The number of carbonyl (C=O) groups excluding carboxylic acids is 1. The number of ether oxygens (including phenoxy) is 1. The van der Waals surface area contributed by atoms with Crippen LogP contribution in [0, 0.1) is 5.82 Å². The topological polar surface area (TPSA) is 54.5 Å². The molecular weight excluding hydrogens is 317 g/mol. The fourth-order valence-corrected chi connectivity index (χ4v) is 3.22. The number of nitrogens with zero attached hydrogens (tertiary/aromatic N) is 2. The Bertz CT molecular complexity index is 674. The fourth-order valence-electron chi connectivity index (χ4n) is 2.48. The zero-order chi connectivity index (χ0) is 16.2. The molecule has 0 saturated carbocycles. The van der Waals surface area contributed by atoms with Gasteiger partial charge >= 0.3 is 0 Å². The Labute approximate surface area is 138 Å². The number of benzene rings is 1. The number of rotatable bonds is 4. The maximum atomic E-state index is 12.9. The second-order valence-corrected chi connectivity index (χ2v) is 6.37. The molecule has 1 fully saturated rings. The van der Waals surface area contributed by atoms with E-state index in [0.29, 0.717) is 18.3 Å². The molecule has 2 heterocycles. The minimum Gasteiger partial charge on any atom is -0.376 e. The van der Waals surface area contributed by atoms with Crippen LogP contribution in [-0.2, 0) is 9.53 Å². The summed E-state index contributed by atoms with van der Waals surface area (Å²) in [7, 11) is 0. The lowest BCUT2D eigenvalue weighted by molar-refractivity contribution is -0.119. The average molecular weight is 335 g/mol. The largest absolute Gasteiger partial charge is 0.376 e. The van der Waals surface area contributed by atoms with E-state index in [0.717, 1.165) is 24.3 Å². The van der Waals surface area contributed by atoms with Crippen molar-refractivity contribution in [3.05, 3.63) is 35.5 Å². The van der Waals surface area contributed by atoms with Gasteiger partial charge in [0.05, 0.1) is 24.9 Å². The summed E-state index contributed by atoms with van der Waals surface area (Å²) in [5.41, 5.74) is 1.55. The number of thiazole rings is 1. The van der Waals surface area contributed by atoms with Crippen molar-refractivity contribution in [1.29, 1.82) is 0 Å². The molecule has 122 valence electrons. The van der Waals surface area contributed by atoms with Gasteiger partial charge in [0.1, 0.15) is 5.82 Å². The Morgan fingerprint density at radius 2 is 2.26 bits per heavy atom. The van der Waals surface area contributed by atoms with Crippen molar-refractivity contribution in [3.63, 3.8) is 0 Å². The van der Waals surface area contributed by atoms with Gasteiger partial charge in [0.2, 0.25) is 5.91 Å². The molecule has 0 aliphatic carbocycles. The molecule has 5 nitrogen and oxygen atoms in total. The normalized spacial score (nSPS) is 18.8. The van der Waals surface area contributed by atoms with Crippen molar-refractivity contribution in [2.24, 2.45) is 0 Å². The van der Waals surface area contributed by atoms with Gasteiger partial charge in [-0.15, -0.1) is 11.3 Å². The van der Waals surface area contributed by atoms with Gasteiger partial charge < -0.3 is 10.1 Å². The fraction of sp³-hybridized carbons (Fsp3) is 0.375. The van der Waals surface area contributed by atoms with E-state index in [9.17, 15) is 9.18 Å². The molecular formula is C16H18FN3O2S. The molecule has 1 atom stereocenters. The summed E-state index contributed by atoms with van der Waals surface area (Å²) in [5.74, 6) is -0.364. The number of hydrogen-bond donors (Lipinski definition) is 1. The maximum absolute atomic E-state index is 12.9. The number of nitrogens with one attached hydrogen (secondary N) is 1. The number of morpholine rings is 1. The molecule has 3 rings (SSSR count). The third-order valence-electron chi connectivity index (χ3n) is 3.58. The minimum absolute atomic E-state index is 0.0842. The highest BCUT2D eigenvalue weighted by molar-refractivity contribution is 7.14. The first-order valence-corrected chi connectivity index (χ1v) is 8.33. The highest BCUT2D eigenvalue weighted by atomic mass is 32.1. The maximum Gasteiger partial charge on any atom is 0.240 e. The number of aromatic nitrogens is 1. The lowest BCUT2D eigenvalue weighted by Crippen LogP contribution is -2.44. The number of carbonyl (C=O) groups is 1. The lowest BCUT2D eigenvalue weighted by atomic mass is 10.2. The SMILES string of the molecule is C[C@@H]1CN(CC(=O)Nc2nc(-c3ccc(F)cc3)cs2)CCO1. The molecule has 0 spiro atoms. The van der Waals surface area contributed by atoms with E-state index < -0.39 is 0 Å². The predicted molar refractivity (Wildman–Crippen MR) is 88.0 cm³/mol. The Hall–Kier alpha value is -1.83. The molecule has 1 saturated heterocycles.